The Bertz CT molecular complexity index is 218. The van der Waals surface area contributed by atoms with E-state index in [1.165, 1.54) is 0 Å². The van der Waals surface area contributed by atoms with Crippen LogP contribution in [0, 0.1) is 0 Å². The van der Waals surface area contributed by atoms with E-state index >= 15 is 0 Å². The van der Waals surface area contributed by atoms with Crippen molar-refractivity contribution in [3.8, 4) is 0 Å². The predicted molar refractivity (Wildman–Crippen MR) is 51.1 cm³/mol. The zero-order chi connectivity index (χ0) is 10.4. The highest BCUT2D eigenvalue weighted by molar-refractivity contribution is 5.86. The van der Waals surface area contributed by atoms with Crippen molar-refractivity contribution in [2.24, 2.45) is 0 Å². The molecule has 0 fully saturated rings. The molecule has 0 heterocycles. The summed E-state index contributed by atoms with van der Waals surface area (Å²) >= 11 is 0. The lowest BCUT2D eigenvalue weighted by Crippen LogP contribution is -2.18. The van der Waals surface area contributed by atoms with E-state index in [1.807, 2.05) is 0 Å². The largest absolute Gasteiger partial charge is 0.492 e. The average Bonchev–Trinajstić information content (AvgIpc) is 1.98. The van der Waals surface area contributed by atoms with Crippen LogP contribution in [0.2, 0.25) is 0 Å². The molecule has 3 nitrogen and oxygen atoms in total. The molecule has 0 aromatic rings. The van der Waals surface area contributed by atoms with Gasteiger partial charge < -0.3 is 9.47 Å². The molecule has 0 saturated heterocycles. The van der Waals surface area contributed by atoms with E-state index in [2.05, 4.69) is 13.2 Å². The fourth-order valence-electron chi connectivity index (χ4n) is 0.694. The number of carbonyl (C=O) groups excluding carboxylic acids is 1. The Kier molecular flexibility index (Phi) is 4.89. The van der Waals surface area contributed by atoms with Gasteiger partial charge in [0.05, 0.1) is 5.76 Å². The van der Waals surface area contributed by atoms with E-state index in [0.717, 1.165) is 0 Å². The Balaban J connectivity index is 3.70. The van der Waals surface area contributed by atoms with Crippen LogP contribution < -0.4 is 0 Å². The number of esters is 1. The molecule has 0 bridgehead atoms. The van der Waals surface area contributed by atoms with E-state index in [-0.39, 0.29) is 12.7 Å². The molecule has 0 spiro atoms. The monoisotopic (exact) mass is 184 g/mol. The number of rotatable bonds is 5. The van der Waals surface area contributed by atoms with Crippen molar-refractivity contribution >= 4 is 5.97 Å². The van der Waals surface area contributed by atoms with Gasteiger partial charge in [0, 0.05) is 5.57 Å². The third-order valence-electron chi connectivity index (χ3n) is 1.20. The van der Waals surface area contributed by atoms with Crippen LogP contribution in [0.5, 0.6) is 0 Å². The standard InChI is InChI=1S/C10H16O3/c1-7(2)10(11)12-6-9(5)13-8(3)4/h9H,1,3,6H2,2,4-5H3. The van der Waals surface area contributed by atoms with Gasteiger partial charge in [-0.15, -0.1) is 0 Å². The molecule has 0 aromatic carbocycles. The zero-order valence-corrected chi connectivity index (χ0v) is 8.42. The first-order valence-corrected chi connectivity index (χ1v) is 4.08. The van der Waals surface area contributed by atoms with Gasteiger partial charge in [0.25, 0.3) is 0 Å². The number of ether oxygens (including phenoxy) is 2. The Hall–Kier alpha value is -1.25. The second kappa shape index (κ2) is 5.41. The van der Waals surface area contributed by atoms with Crippen LogP contribution in [-0.2, 0) is 14.3 Å². The quantitative estimate of drug-likeness (QED) is 0.372. The predicted octanol–water partition coefficient (Wildman–Crippen LogP) is 2.04. The topological polar surface area (TPSA) is 35.5 Å². The van der Waals surface area contributed by atoms with E-state index in [9.17, 15) is 4.79 Å². The Labute approximate surface area is 79.0 Å². The summed E-state index contributed by atoms with van der Waals surface area (Å²) in [5, 5.41) is 0. The van der Waals surface area contributed by atoms with Crippen LogP contribution >= 0.6 is 0 Å². The first kappa shape index (κ1) is 11.8. The van der Waals surface area contributed by atoms with Crippen molar-refractivity contribution in [2.45, 2.75) is 26.9 Å². The van der Waals surface area contributed by atoms with Crippen LogP contribution in [0.4, 0.5) is 0 Å². The van der Waals surface area contributed by atoms with E-state index in [1.54, 1.807) is 20.8 Å². The fourth-order valence-corrected chi connectivity index (χ4v) is 0.694. The SMILES string of the molecule is C=C(C)OC(C)COC(=O)C(=C)C. The lowest BCUT2D eigenvalue weighted by Gasteiger charge is -2.14. The van der Waals surface area contributed by atoms with Gasteiger partial charge in [-0.3, -0.25) is 0 Å². The molecule has 0 saturated carbocycles. The summed E-state index contributed by atoms with van der Waals surface area (Å²) in [5.41, 5.74) is 0.391. The zero-order valence-electron chi connectivity index (χ0n) is 8.42. The minimum absolute atomic E-state index is 0.166. The van der Waals surface area contributed by atoms with E-state index in [4.69, 9.17) is 9.47 Å². The number of allylic oxidation sites excluding steroid dienone is 1. The molecule has 74 valence electrons. The Morgan fingerprint density at radius 2 is 1.92 bits per heavy atom. The van der Waals surface area contributed by atoms with E-state index < -0.39 is 5.97 Å². The summed E-state index contributed by atoms with van der Waals surface area (Å²) in [6, 6.07) is 0. The third-order valence-corrected chi connectivity index (χ3v) is 1.20. The number of hydrogen-bond acceptors (Lipinski definition) is 3. The van der Waals surface area contributed by atoms with Crippen LogP contribution in [-0.4, -0.2) is 18.7 Å². The molecule has 0 rings (SSSR count). The van der Waals surface area contributed by atoms with Gasteiger partial charge in [0.2, 0.25) is 0 Å². The summed E-state index contributed by atoms with van der Waals surface area (Å²) in [6.45, 7) is 12.4. The molecular formula is C10H16O3. The molecule has 1 unspecified atom stereocenters. The number of hydrogen-bond donors (Lipinski definition) is 0. The van der Waals surface area contributed by atoms with Crippen LogP contribution in [0.25, 0.3) is 0 Å². The highest BCUT2D eigenvalue weighted by Crippen LogP contribution is 2.01. The second-order valence-electron chi connectivity index (χ2n) is 3.01. The summed E-state index contributed by atoms with van der Waals surface area (Å²) in [5.74, 6) is 0.219. The fraction of sp³-hybridized carbons (Fsp3) is 0.500. The summed E-state index contributed by atoms with van der Waals surface area (Å²) in [6.07, 6.45) is -0.166. The van der Waals surface area contributed by atoms with Gasteiger partial charge in [0.15, 0.2) is 0 Å². The molecule has 3 heteroatoms. The Morgan fingerprint density at radius 3 is 2.31 bits per heavy atom. The highest BCUT2D eigenvalue weighted by atomic mass is 16.6. The average molecular weight is 184 g/mol. The molecule has 0 aliphatic carbocycles. The smallest absolute Gasteiger partial charge is 0.333 e. The molecule has 1 atom stereocenters. The van der Waals surface area contributed by atoms with Gasteiger partial charge in [-0.1, -0.05) is 13.2 Å². The molecule has 0 aromatic heterocycles. The highest BCUT2D eigenvalue weighted by Gasteiger charge is 2.07. The van der Waals surface area contributed by atoms with Crippen molar-refractivity contribution in [3.05, 3.63) is 24.5 Å². The summed E-state index contributed by atoms with van der Waals surface area (Å²) in [7, 11) is 0. The van der Waals surface area contributed by atoms with Crippen molar-refractivity contribution in [2.75, 3.05) is 6.61 Å². The maximum Gasteiger partial charge on any atom is 0.333 e. The first-order chi connectivity index (χ1) is 5.93. The van der Waals surface area contributed by atoms with Crippen LogP contribution in [0.3, 0.4) is 0 Å². The molecule has 13 heavy (non-hydrogen) atoms. The molecule has 0 N–H and O–H groups in total. The lowest BCUT2D eigenvalue weighted by molar-refractivity contribution is -0.141. The molecule has 0 aliphatic heterocycles. The van der Waals surface area contributed by atoms with E-state index in [0.29, 0.717) is 11.3 Å². The molecule has 0 radical (unpaired) electrons. The van der Waals surface area contributed by atoms with Crippen LogP contribution in [0.15, 0.2) is 24.5 Å². The van der Waals surface area contributed by atoms with Crippen molar-refractivity contribution in [3.63, 3.8) is 0 Å². The van der Waals surface area contributed by atoms with Crippen molar-refractivity contribution < 1.29 is 14.3 Å². The van der Waals surface area contributed by atoms with Crippen LogP contribution in [0.1, 0.15) is 20.8 Å². The molecule has 0 aliphatic rings. The third kappa shape index (κ3) is 5.96. The van der Waals surface area contributed by atoms with Gasteiger partial charge in [0.1, 0.15) is 12.7 Å². The summed E-state index contributed by atoms with van der Waals surface area (Å²) < 4.78 is 10.0. The maximum absolute atomic E-state index is 10.9. The van der Waals surface area contributed by atoms with Gasteiger partial charge in [-0.25, -0.2) is 4.79 Å². The van der Waals surface area contributed by atoms with Crippen molar-refractivity contribution in [1.82, 2.24) is 0 Å². The minimum Gasteiger partial charge on any atom is -0.492 e. The lowest BCUT2D eigenvalue weighted by atomic mass is 10.3. The minimum atomic E-state index is -0.392. The molecular weight excluding hydrogens is 168 g/mol. The normalized spacial score (nSPS) is 11.6. The molecule has 0 amide bonds. The number of carbonyl (C=O) groups is 1. The van der Waals surface area contributed by atoms with Gasteiger partial charge in [-0.05, 0) is 20.8 Å². The van der Waals surface area contributed by atoms with Gasteiger partial charge >= 0.3 is 5.97 Å². The summed E-state index contributed by atoms with van der Waals surface area (Å²) in [4.78, 5) is 10.9. The first-order valence-electron chi connectivity index (χ1n) is 4.08. The Morgan fingerprint density at radius 1 is 1.38 bits per heavy atom. The maximum atomic E-state index is 10.9. The van der Waals surface area contributed by atoms with Gasteiger partial charge in [-0.2, -0.15) is 0 Å². The van der Waals surface area contributed by atoms with Crippen molar-refractivity contribution in [1.29, 1.82) is 0 Å². The second-order valence-corrected chi connectivity index (χ2v) is 3.01.